The van der Waals surface area contributed by atoms with Crippen molar-refractivity contribution >= 4 is 24.1 Å². The molecule has 0 aliphatic rings. The van der Waals surface area contributed by atoms with E-state index in [2.05, 4.69) is 5.10 Å². The molecule has 0 radical (unpaired) electrons. The third kappa shape index (κ3) is 3.38. The minimum Gasteiger partial charge on any atom is -0.368 e. The second kappa shape index (κ2) is 6.36. The number of nitrogens with zero attached hydrogens (tertiary/aromatic N) is 3. The average Bonchev–Trinajstić information content (AvgIpc) is 2.67. The summed E-state index contributed by atoms with van der Waals surface area (Å²) in [7, 11) is 0. The lowest BCUT2D eigenvalue weighted by molar-refractivity contribution is -0.384. The molecule has 1 heterocycles. The lowest BCUT2D eigenvalue weighted by atomic mass is 10.0. The molecule has 112 valence electrons. The monoisotopic (exact) mass is 309 g/mol. The quantitative estimate of drug-likeness (QED) is 0.391. The van der Waals surface area contributed by atoms with Crippen LogP contribution in [0, 0.1) is 29.4 Å². The minimum atomic E-state index is -0.423. The van der Waals surface area contributed by atoms with E-state index in [1.165, 1.54) is 16.8 Å². The standard InChI is InChI=1S/C13H15N5O2.ClH/c1-8-12(9(2)17(16-8)13(14)15)7-10-3-5-11(6-4-10)18(19)20;/h3-6H,7H2,1-2H3,(H3,14,15);1H. The molecule has 2 aromatic rings. The van der Waals surface area contributed by atoms with E-state index in [4.69, 9.17) is 11.1 Å². The number of hydrogen-bond donors (Lipinski definition) is 2. The molecule has 7 nitrogen and oxygen atoms in total. The Labute approximate surface area is 127 Å². The Bertz CT molecular complexity index is 679. The van der Waals surface area contributed by atoms with Gasteiger partial charge >= 0.3 is 0 Å². The summed E-state index contributed by atoms with van der Waals surface area (Å²) in [4.78, 5) is 10.2. The summed E-state index contributed by atoms with van der Waals surface area (Å²) >= 11 is 0. The maximum atomic E-state index is 10.6. The van der Waals surface area contributed by atoms with Crippen molar-refractivity contribution in [3.05, 3.63) is 56.9 Å². The summed E-state index contributed by atoms with van der Waals surface area (Å²) < 4.78 is 1.38. The molecule has 0 atom stereocenters. The molecule has 1 aromatic heterocycles. The number of benzene rings is 1. The first-order chi connectivity index (χ1) is 9.40. The maximum Gasteiger partial charge on any atom is 0.269 e. The number of nitro benzene ring substituents is 1. The fraction of sp³-hybridized carbons (Fsp3) is 0.231. The van der Waals surface area contributed by atoms with E-state index in [0.29, 0.717) is 6.42 Å². The van der Waals surface area contributed by atoms with Crippen LogP contribution in [0.25, 0.3) is 0 Å². The molecule has 21 heavy (non-hydrogen) atoms. The molecule has 0 unspecified atom stereocenters. The fourth-order valence-electron chi connectivity index (χ4n) is 2.11. The van der Waals surface area contributed by atoms with Gasteiger partial charge < -0.3 is 5.73 Å². The second-order valence-corrected chi connectivity index (χ2v) is 4.55. The topological polar surface area (TPSA) is 111 Å². The Kier molecular flexibility index (Phi) is 5.04. The van der Waals surface area contributed by atoms with Gasteiger partial charge in [0.25, 0.3) is 5.69 Å². The predicted octanol–water partition coefficient (Wildman–Crippen LogP) is 2.16. The Morgan fingerprint density at radius 2 is 1.95 bits per heavy atom. The fourth-order valence-corrected chi connectivity index (χ4v) is 2.11. The zero-order valence-corrected chi connectivity index (χ0v) is 12.5. The zero-order chi connectivity index (χ0) is 14.9. The van der Waals surface area contributed by atoms with Crippen LogP contribution >= 0.6 is 12.4 Å². The van der Waals surface area contributed by atoms with Crippen LogP contribution in [0.4, 0.5) is 5.69 Å². The van der Waals surface area contributed by atoms with Crippen molar-refractivity contribution in [1.29, 1.82) is 5.41 Å². The summed E-state index contributed by atoms with van der Waals surface area (Å²) in [6.45, 7) is 3.70. The van der Waals surface area contributed by atoms with Crippen LogP contribution in [0.3, 0.4) is 0 Å². The summed E-state index contributed by atoms with van der Waals surface area (Å²) in [6, 6.07) is 6.41. The van der Waals surface area contributed by atoms with Gasteiger partial charge in [0.15, 0.2) is 0 Å². The van der Waals surface area contributed by atoms with Gasteiger partial charge in [-0.25, -0.2) is 4.68 Å². The van der Waals surface area contributed by atoms with E-state index in [9.17, 15) is 10.1 Å². The number of nitrogens with one attached hydrogen (secondary N) is 1. The third-order valence-electron chi connectivity index (χ3n) is 3.20. The Hall–Kier alpha value is -2.41. The van der Waals surface area contributed by atoms with Crippen LogP contribution in [0.15, 0.2) is 24.3 Å². The first kappa shape index (κ1) is 16.6. The molecular formula is C13H16ClN5O2. The highest BCUT2D eigenvalue weighted by atomic mass is 35.5. The zero-order valence-electron chi connectivity index (χ0n) is 11.7. The number of rotatable bonds is 3. The third-order valence-corrected chi connectivity index (χ3v) is 3.20. The van der Waals surface area contributed by atoms with Crippen LogP contribution in [0.2, 0.25) is 0 Å². The van der Waals surface area contributed by atoms with Crippen molar-refractivity contribution in [2.75, 3.05) is 0 Å². The van der Waals surface area contributed by atoms with Gasteiger partial charge in [0.1, 0.15) is 0 Å². The van der Waals surface area contributed by atoms with Gasteiger partial charge in [-0.1, -0.05) is 12.1 Å². The first-order valence-corrected chi connectivity index (χ1v) is 6.03. The number of nitrogen functional groups attached to an aromatic ring is 1. The summed E-state index contributed by atoms with van der Waals surface area (Å²) in [5, 5.41) is 22.3. The highest BCUT2D eigenvalue weighted by Gasteiger charge is 2.14. The maximum absolute atomic E-state index is 10.6. The molecule has 0 saturated carbocycles. The second-order valence-electron chi connectivity index (χ2n) is 4.55. The Morgan fingerprint density at radius 1 is 1.38 bits per heavy atom. The van der Waals surface area contributed by atoms with Gasteiger partial charge in [0, 0.05) is 29.8 Å². The molecule has 2 rings (SSSR count). The van der Waals surface area contributed by atoms with Gasteiger partial charge in [-0.2, -0.15) is 5.10 Å². The number of halogens is 1. The highest BCUT2D eigenvalue weighted by Crippen LogP contribution is 2.19. The van der Waals surface area contributed by atoms with E-state index in [-0.39, 0.29) is 24.1 Å². The largest absolute Gasteiger partial charge is 0.368 e. The predicted molar refractivity (Wildman–Crippen MR) is 82.2 cm³/mol. The number of nitro groups is 1. The smallest absolute Gasteiger partial charge is 0.269 e. The van der Waals surface area contributed by atoms with Crippen LogP contribution in [0.5, 0.6) is 0 Å². The van der Waals surface area contributed by atoms with Gasteiger partial charge in [-0.05, 0) is 19.4 Å². The molecular weight excluding hydrogens is 294 g/mol. The number of aromatic nitrogens is 2. The normalized spacial score (nSPS) is 10.0. The molecule has 1 aromatic carbocycles. The van der Waals surface area contributed by atoms with Crippen LogP contribution < -0.4 is 5.73 Å². The SMILES string of the molecule is Cc1nn(C(=N)N)c(C)c1Cc1ccc([N+](=O)[O-])cc1.Cl. The van der Waals surface area contributed by atoms with Gasteiger partial charge in [0.05, 0.1) is 10.6 Å². The minimum absolute atomic E-state index is 0. The molecule has 0 bridgehead atoms. The number of aryl methyl sites for hydroxylation is 1. The molecule has 0 aliphatic carbocycles. The van der Waals surface area contributed by atoms with E-state index in [1.807, 2.05) is 13.8 Å². The van der Waals surface area contributed by atoms with Gasteiger partial charge in [-0.15, -0.1) is 12.4 Å². The van der Waals surface area contributed by atoms with Crippen molar-refractivity contribution in [2.24, 2.45) is 5.73 Å². The van der Waals surface area contributed by atoms with Crippen LogP contribution in [-0.4, -0.2) is 20.7 Å². The summed E-state index contributed by atoms with van der Waals surface area (Å²) in [5.41, 5.74) is 9.07. The van der Waals surface area contributed by atoms with Crippen LogP contribution in [0.1, 0.15) is 22.5 Å². The lowest BCUT2D eigenvalue weighted by Gasteiger charge is -2.03. The van der Waals surface area contributed by atoms with Crippen molar-refractivity contribution in [1.82, 2.24) is 9.78 Å². The molecule has 0 fully saturated rings. The molecule has 0 aliphatic heterocycles. The van der Waals surface area contributed by atoms with Crippen molar-refractivity contribution < 1.29 is 4.92 Å². The van der Waals surface area contributed by atoms with E-state index in [1.54, 1.807) is 12.1 Å². The first-order valence-electron chi connectivity index (χ1n) is 6.03. The van der Waals surface area contributed by atoms with Crippen molar-refractivity contribution in [2.45, 2.75) is 20.3 Å². The summed E-state index contributed by atoms with van der Waals surface area (Å²) in [5.74, 6) is -0.124. The molecule has 3 N–H and O–H groups in total. The van der Waals surface area contributed by atoms with E-state index >= 15 is 0 Å². The molecule has 8 heteroatoms. The van der Waals surface area contributed by atoms with E-state index in [0.717, 1.165) is 22.5 Å². The highest BCUT2D eigenvalue weighted by molar-refractivity contribution is 5.85. The average molecular weight is 310 g/mol. The molecule has 0 spiro atoms. The van der Waals surface area contributed by atoms with Gasteiger partial charge in [0.2, 0.25) is 5.96 Å². The van der Waals surface area contributed by atoms with E-state index < -0.39 is 4.92 Å². The van der Waals surface area contributed by atoms with Crippen molar-refractivity contribution in [3.63, 3.8) is 0 Å². The molecule has 0 amide bonds. The Balaban J connectivity index is 0.00000220. The lowest BCUT2D eigenvalue weighted by Crippen LogP contribution is -2.23. The number of nitrogens with two attached hydrogens (primary N) is 1. The molecule has 0 saturated heterocycles. The number of non-ortho nitro benzene ring substituents is 1. The van der Waals surface area contributed by atoms with Crippen LogP contribution in [-0.2, 0) is 6.42 Å². The van der Waals surface area contributed by atoms with Gasteiger partial charge in [-0.3, -0.25) is 15.5 Å². The Morgan fingerprint density at radius 3 is 2.38 bits per heavy atom. The van der Waals surface area contributed by atoms with Crippen molar-refractivity contribution in [3.8, 4) is 0 Å². The summed E-state index contributed by atoms with van der Waals surface area (Å²) in [6.07, 6.45) is 0.600. The number of hydrogen-bond acceptors (Lipinski definition) is 4.